The fourth-order valence-electron chi connectivity index (χ4n) is 2.31. The maximum absolute atomic E-state index is 3.70. The Kier molecular flexibility index (Phi) is 3.42. The summed E-state index contributed by atoms with van der Waals surface area (Å²) in [6.07, 6.45) is 4.25. The lowest BCUT2D eigenvalue weighted by atomic mass is 9.80. The molecule has 82 valence electrons. The summed E-state index contributed by atoms with van der Waals surface area (Å²) < 4.78 is 0. The van der Waals surface area contributed by atoms with Gasteiger partial charge in [0.1, 0.15) is 0 Å². The molecule has 2 rings (SSSR count). The van der Waals surface area contributed by atoms with Crippen molar-refractivity contribution in [1.29, 1.82) is 0 Å². The topological polar surface area (TPSA) is 12.0 Å². The Morgan fingerprint density at radius 3 is 2.33 bits per heavy atom. The van der Waals surface area contributed by atoms with Crippen LogP contribution in [0.2, 0.25) is 0 Å². The van der Waals surface area contributed by atoms with E-state index in [2.05, 4.69) is 49.5 Å². The van der Waals surface area contributed by atoms with E-state index in [0.29, 0.717) is 12.1 Å². The minimum atomic E-state index is 0.474. The summed E-state index contributed by atoms with van der Waals surface area (Å²) in [4.78, 5) is 0. The predicted molar refractivity (Wildman–Crippen MR) is 64.8 cm³/mol. The van der Waals surface area contributed by atoms with Gasteiger partial charge in [-0.25, -0.2) is 0 Å². The Balaban J connectivity index is 1.88. The molecule has 0 aliphatic heterocycles. The standard InChI is InChI=1S/C14H21N/c1-11(13-7-4-3-5-8-13)15-12(2)14-9-6-10-14/h3-5,7-8,11-12,14-15H,6,9-10H2,1-2H3/t11-,12-/m0/s1. The molecular weight excluding hydrogens is 182 g/mol. The van der Waals surface area contributed by atoms with Crippen molar-refractivity contribution in [2.24, 2.45) is 5.92 Å². The zero-order valence-electron chi connectivity index (χ0n) is 9.74. The van der Waals surface area contributed by atoms with Crippen LogP contribution in [0.3, 0.4) is 0 Å². The van der Waals surface area contributed by atoms with Gasteiger partial charge in [0.05, 0.1) is 0 Å². The molecule has 1 nitrogen and oxygen atoms in total. The van der Waals surface area contributed by atoms with Crippen molar-refractivity contribution >= 4 is 0 Å². The highest BCUT2D eigenvalue weighted by atomic mass is 14.9. The first-order valence-electron chi connectivity index (χ1n) is 6.08. The van der Waals surface area contributed by atoms with Gasteiger partial charge in [-0.1, -0.05) is 36.8 Å². The highest BCUT2D eigenvalue weighted by Gasteiger charge is 2.24. The number of hydrogen-bond donors (Lipinski definition) is 1. The zero-order chi connectivity index (χ0) is 10.7. The molecule has 0 bridgehead atoms. The molecule has 1 aromatic rings. The number of hydrogen-bond acceptors (Lipinski definition) is 1. The van der Waals surface area contributed by atoms with Gasteiger partial charge >= 0.3 is 0 Å². The Morgan fingerprint density at radius 1 is 1.13 bits per heavy atom. The fraction of sp³-hybridized carbons (Fsp3) is 0.571. The van der Waals surface area contributed by atoms with Crippen molar-refractivity contribution in [1.82, 2.24) is 5.32 Å². The summed E-state index contributed by atoms with van der Waals surface area (Å²) in [5, 5.41) is 3.70. The monoisotopic (exact) mass is 203 g/mol. The van der Waals surface area contributed by atoms with Gasteiger partial charge in [0, 0.05) is 12.1 Å². The second-order valence-electron chi connectivity index (χ2n) is 4.78. The summed E-state index contributed by atoms with van der Waals surface area (Å²) in [7, 11) is 0. The van der Waals surface area contributed by atoms with Crippen molar-refractivity contribution in [2.75, 3.05) is 0 Å². The maximum Gasteiger partial charge on any atom is 0.0294 e. The van der Waals surface area contributed by atoms with Crippen LogP contribution in [0.4, 0.5) is 0 Å². The highest BCUT2D eigenvalue weighted by Crippen LogP contribution is 2.30. The van der Waals surface area contributed by atoms with Crippen molar-refractivity contribution in [3.05, 3.63) is 35.9 Å². The number of rotatable bonds is 4. The first-order chi connectivity index (χ1) is 7.27. The Bertz CT molecular complexity index is 289. The van der Waals surface area contributed by atoms with Gasteiger partial charge in [0.25, 0.3) is 0 Å². The summed E-state index contributed by atoms with van der Waals surface area (Å²) in [5.74, 6) is 0.913. The number of benzene rings is 1. The summed E-state index contributed by atoms with van der Waals surface area (Å²) >= 11 is 0. The molecule has 0 unspecified atom stereocenters. The minimum absolute atomic E-state index is 0.474. The van der Waals surface area contributed by atoms with E-state index in [-0.39, 0.29) is 0 Å². The summed E-state index contributed by atoms with van der Waals surface area (Å²) in [6.45, 7) is 4.58. The minimum Gasteiger partial charge on any atom is -0.307 e. The van der Waals surface area contributed by atoms with Crippen LogP contribution in [-0.2, 0) is 0 Å². The molecule has 0 aromatic heterocycles. The van der Waals surface area contributed by atoms with Crippen molar-refractivity contribution in [2.45, 2.75) is 45.2 Å². The molecule has 0 amide bonds. The van der Waals surface area contributed by atoms with Crippen LogP contribution in [0.1, 0.15) is 44.7 Å². The van der Waals surface area contributed by atoms with Crippen molar-refractivity contribution < 1.29 is 0 Å². The highest BCUT2D eigenvalue weighted by molar-refractivity contribution is 5.18. The normalized spacial score (nSPS) is 20.7. The molecular formula is C14H21N. The van der Waals surface area contributed by atoms with Gasteiger partial charge in [-0.3, -0.25) is 0 Å². The first-order valence-corrected chi connectivity index (χ1v) is 6.08. The van der Waals surface area contributed by atoms with Gasteiger partial charge in [0.15, 0.2) is 0 Å². The third-order valence-electron chi connectivity index (χ3n) is 3.67. The summed E-state index contributed by atoms with van der Waals surface area (Å²) in [5.41, 5.74) is 1.39. The van der Waals surface area contributed by atoms with E-state index in [1.54, 1.807) is 0 Å². The van der Waals surface area contributed by atoms with E-state index in [1.807, 2.05) is 0 Å². The lowest BCUT2D eigenvalue weighted by Crippen LogP contribution is -2.38. The zero-order valence-corrected chi connectivity index (χ0v) is 9.74. The SMILES string of the molecule is C[C@H](N[C@@H](C)C1CCC1)c1ccccc1. The van der Waals surface area contributed by atoms with Crippen LogP contribution >= 0.6 is 0 Å². The van der Waals surface area contributed by atoms with Crippen LogP contribution in [0.15, 0.2) is 30.3 Å². The molecule has 0 heterocycles. The van der Waals surface area contributed by atoms with Gasteiger partial charge < -0.3 is 5.32 Å². The molecule has 1 heteroatoms. The molecule has 0 radical (unpaired) electrons. The van der Waals surface area contributed by atoms with Crippen LogP contribution < -0.4 is 5.32 Å². The van der Waals surface area contributed by atoms with Crippen LogP contribution in [-0.4, -0.2) is 6.04 Å². The average molecular weight is 203 g/mol. The average Bonchev–Trinajstić information content (AvgIpc) is 2.16. The largest absolute Gasteiger partial charge is 0.307 e. The van der Waals surface area contributed by atoms with E-state index in [1.165, 1.54) is 24.8 Å². The maximum atomic E-state index is 3.70. The van der Waals surface area contributed by atoms with Gasteiger partial charge in [-0.2, -0.15) is 0 Å². The molecule has 1 aliphatic rings. The second kappa shape index (κ2) is 4.80. The molecule has 1 aliphatic carbocycles. The molecule has 0 spiro atoms. The molecule has 0 saturated heterocycles. The smallest absolute Gasteiger partial charge is 0.0294 e. The molecule has 2 atom stereocenters. The van der Waals surface area contributed by atoms with Crippen molar-refractivity contribution in [3.63, 3.8) is 0 Å². The van der Waals surface area contributed by atoms with Gasteiger partial charge in [-0.15, -0.1) is 0 Å². The van der Waals surface area contributed by atoms with E-state index < -0.39 is 0 Å². The van der Waals surface area contributed by atoms with Crippen molar-refractivity contribution in [3.8, 4) is 0 Å². The molecule has 1 fully saturated rings. The van der Waals surface area contributed by atoms with Crippen LogP contribution in [0.5, 0.6) is 0 Å². The Hall–Kier alpha value is -0.820. The van der Waals surface area contributed by atoms with E-state index in [9.17, 15) is 0 Å². The van der Waals surface area contributed by atoms with E-state index >= 15 is 0 Å². The van der Waals surface area contributed by atoms with Crippen LogP contribution in [0, 0.1) is 5.92 Å². The second-order valence-corrected chi connectivity index (χ2v) is 4.78. The van der Waals surface area contributed by atoms with Gasteiger partial charge in [-0.05, 0) is 38.2 Å². The molecule has 1 saturated carbocycles. The third kappa shape index (κ3) is 2.60. The fourth-order valence-corrected chi connectivity index (χ4v) is 2.31. The lowest BCUT2D eigenvalue weighted by molar-refractivity contribution is 0.230. The predicted octanol–water partition coefficient (Wildman–Crippen LogP) is 3.53. The molecule has 15 heavy (non-hydrogen) atoms. The number of nitrogens with one attached hydrogen (secondary N) is 1. The Morgan fingerprint density at radius 2 is 1.80 bits per heavy atom. The van der Waals surface area contributed by atoms with Gasteiger partial charge in [0.2, 0.25) is 0 Å². The molecule has 1 aromatic carbocycles. The van der Waals surface area contributed by atoms with E-state index in [4.69, 9.17) is 0 Å². The van der Waals surface area contributed by atoms with E-state index in [0.717, 1.165) is 5.92 Å². The quantitative estimate of drug-likeness (QED) is 0.789. The molecule has 1 N–H and O–H groups in total. The third-order valence-corrected chi connectivity index (χ3v) is 3.67. The first kappa shape index (κ1) is 10.7. The Labute approximate surface area is 92.9 Å². The van der Waals surface area contributed by atoms with Crippen LogP contribution in [0.25, 0.3) is 0 Å². The lowest BCUT2D eigenvalue weighted by Gasteiger charge is -2.34. The summed E-state index contributed by atoms with van der Waals surface area (Å²) in [6, 6.07) is 11.8.